The summed E-state index contributed by atoms with van der Waals surface area (Å²) in [6.07, 6.45) is 5.00. The van der Waals surface area contributed by atoms with Crippen molar-refractivity contribution in [1.82, 2.24) is 0 Å². The molecule has 0 atom stereocenters. The lowest BCUT2D eigenvalue weighted by atomic mass is 9.97. The molecule has 0 unspecified atom stereocenters. The van der Waals surface area contributed by atoms with Gasteiger partial charge in [-0.05, 0) is 68.5 Å². The third-order valence-electron chi connectivity index (χ3n) is 4.75. The number of rotatable bonds is 10. The molecule has 152 valence electrons. The van der Waals surface area contributed by atoms with Gasteiger partial charge in [0.1, 0.15) is 18.1 Å². The molecule has 2 rings (SSSR count). The van der Waals surface area contributed by atoms with Crippen molar-refractivity contribution in [2.45, 2.75) is 60.5 Å². The van der Waals surface area contributed by atoms with Crippen molar-refractivity contribution in [1.29, 1.82) is 0 Å². The molecule has 3 nitrogen and oxygen atoms in total. The lowest BCUT2D eigenvalue weighted by Crippen LogP contribution is -1.99. The zero-order chi connectivity index (χ0) is 20.5. The molecular formula is C24H32ClNO2. The fraction of sp³-hybridized carbons (Fsp3) is 0.458. The second-order valence-electron chi connectivity index (χ2n) is 6.85. The van der Waals surface area contributed by atoms with Crippen LogP contribution < -0.4 is 0 Å². The predicted octanol–water partition coefficient (Wildman–Crippen LogP) is 7.03. The van der Waals surface area contributed by atoms with E-state index in [0.29, 0.717) is 13.2 Å². The molecular weight excluding hydrogens is 370 g/mol. The fourth-order valence-electron chi connectivity index (χ4n) is 3.29. The fourth-order valence-corrected chi connectivity index (χ4v) is 3.46. The van der Waals surface area contributed by atoms with Gasteiger partial charge in [-0.25, -0.2) is 0 Å². The maximum absolute atomic E-state index is 6.22. The molecule has 0 saturated heterocycles. The van der Waals surface area contributed by atoms with E-state index in [2.05, 4.69) is 52.0 Å². The number of halogens is 1. The molecule has 0 saturated carbocycles. The summed E-state index contributed by atoms with van der Waals surface area (Å²) < 4.78 is 11.4. The van der Waals surface area contributed by atoms with Crippen molar-refractivity contribution in [2.75, 3.05) is 13.2 Å². The molecule has 0 radical (unpaired) electrons. The molecule has 0 N–H and O–H groups in total. The number of benzene rings is 1. The van der Waals surface area contributed by atoms with Gasteiger partial charge in [0, 0.05) is 35.9 Å². The molecule has 28 heavy (non-hydrogen) atoms. The van der Waals surface area contributed by atoms with Crippen LogP contribution in [0.3, 0.4) is 0 Å². The Morgan fingerprint density at radius 3 is 2.64 bits per heavy atom. The summed E-state index contributed by atoms with van der Waals surface area (Å²) in [6.45, 7) is 12.4. The number of allylic oxidation sites excluding steroid dienone is 1. The minimum atomic E-state index is 0.508. The number of hydrogen-bond donors (Lipinski definition) is 0. The first-order valence-corrected chi connectivity index (χ1v) is 10.5. The van der Waals surface area contributed by atoms with Crippen molar-refractivity contribution in [3.63, 3.8) is 0 Å². The van der Waals surface area contributed by atoms with Gasteiger partial charge in [0.05, 0.1) is 0 Å². The van der Waals surface area contributed by atoms with E-state index in [9.17, 15) is 0 Å². The number of aryl methyl sites for hydroxylation is 2. The molecule has 1 heterocycles. The highest BCUT2D eigenvalue weighted by Crippen LogP contribution is 2.26. The molecule has 0 fully saturated rings. The summed E-state index contributed by atoms with van der Waals surface area (Å²) in [5, 5.41) is 0.773. The number of aliphatic imine (C=N–C) groups is 1. The molecule has 0 amide bonds. The lowest BCUT2D eigenvalue weighted by molar-refractivity contribution is 0.117. The quantitative estimate of drug-likeness (QED) is 0.400. The van der Waals surface area contributed by atoms with Crippen molar-refractivity contribution in [3.8, 4) is 0 Å². The Balaban J connectivity index is 2.14. The van der Waals surface area contributed by atoms with Crippen LogP contribution in [0.25, 0.3) is 5.57 Å². The van der Waals surface area contributed by atoms with Gasteiger partial charge in [-0.2, -0.15) is 0 Å². The Kier molecular flexibility index (Phi) is 9.01. The highest BCUT2D eigenvalue weighted by atomic mass is 35.5. The summed E-state index contributed by atoms with van der Waals surface area (Å²) >= 11 is 6.22. The third-order valence-corrected chi connectivity index (χ3v) is 4.98. The summed E-state index contributed by atoms with van der Waals surface area (Å²) in [6, 6.07) is 8.14. The summed E-state index contributed by atoms with van der Waals surface area (Å²) in [5.41, 5.74) is 5.88. The van der Waals surface area contributed by atoms with Crippen molar-refractivity contribution < 1.29 is 9.15 Å². The van der Waals surface area contributed by atoms with E-state index in [1.165, 1.54) is 16.7 Å². The molecule has 0 aliphatic heterocycles. The van der Waals surface area contributed by atoms with Gasteiger partial charge < -0.3 is 9.15 Å². The largest absolute Gasteiger partial charge is 0.463 e. The third kappa shape index (κ3) is 6.08. The zero-order valence-electron chi connectivity index (χ0n) is 17.8. The first-order chi connectivity index (χ1) is 13.5. The molecule has 1 aromatic heterocycles. The predicted molar refractivity (Wildman–Crippen MR) is 120 cm³/mol. The maximum atomic E-state index is 6.22. The van der Waals surface area contributed by atoms with E-state index >= 15 is 0 Å². The van der Waals surface area contributed by atoms with E-state index in [1.54, 1.807) is 0 Å². The first kappa shape index (κ1) is 22.4. The highest BCUT2D eigenvalue weighted by molar-refractivity contribution is 6.30. The van der Waals surface area contributed by atoms with Crippen molar-refractivity contribution >= 4 is 22.9 Å². The average Bonchev–Trinajstić information content (AvgIpc) is 3.11. The maximum Gasteiger partial charge on any atom is 0.130 e. The SMILES string of the molecule is CCC=C(CCN=C(C)c1cc(COCC)oc1CC)c1cc(Cl)ccc1C. The van der Waals surface area contributed by atoms with Gasteiger partial charge >= 0.3 is 0 Å². The highest BCUT2D eigenvalue weighted by Gasteiger charge is 2.12. The van der Waals surface area contributed by atoms with Gasteiger partial charge in [0.15, 0.2) is 0 Å². The van der Waals surface area contributed by atoms with Crippen LogP contribution in [0, 0.1) is 6.92 Å². The summed E-state index contributed by atoms with van der Waals surface area (Å²) in [4.78, 5) is 4.84. The Morgan fingerprint density at radius 2 is 1.96 bits per heavy atom. The smallest absolute Gasteiger partial charge is 0.130 e. The Morgan fingerprint density at radius 1 is 1.18 bits per heavy atom. The Hall–Kier alpha value is -1.84. The number of hydrogen-bond acceptors (Lipinski definition) is 3. The van der Waals surface area contributed by atoms with E-state index in [-0.39, 0.29) is 0 Å². The van der Waals surface area contributed by atoms with Crippen LogP contribution in [-0.2, 0) is 17.8 Å². The first-order valence-electron chi connectivity index (χ1n) is 10.2. The summed E-state index contributed by atoms with van der Waals surface area (Å²) in [5.74, 6) is 1.84. The van der Waals surface area contributed by atoms with Gasteiger partial charge in [-0.1, -0.05) is 37.6 Å². The van der Waals surface area contributed by atoms with Crippen LogP contribution in [-0.4, -0.2) is 18.9 Å². The molecule has 1 aromatic carbocycles. The van der Waals surface area contributed by atoms with Crippen LogP contribution in [0.1, 0.15) is 68.7 Å². The van der Waals surface area contributed by atoms with Gasteiger partial charge in [0.2, 0.25) is 0 Å². The second-order valence-corrected chi connectivity index (χ2v) is 7.29. The summed E-state index contributed by atoms with van der Waals surface area (Å²) in [7, 11) is 0. The van der Waals surface area contributed by atoms with E-state index in [1.807, 2.05) is 13.0 Å². The molecule has 0 spiro atoms. The van der Waals surface area contributed by atoms with Crippen LogP contribution in [0.4, 0.5) is 0 Å². The molecule has 4 heteroatoms. The molecule has 0 bridgehead atoms. The molecule has 0 aliphatic rings. The van der Waals surface area contributed by atoms with Crippen molar-refractivity contribution in [3.05, 3.63) is 63.6 Å². The number of furan rings is 1. The van der Waals surface area contributed by atoms with Crippen LogP contribution in [0.15, 0.2) is 39.8 Å². The van der Waals surface area contributed by atoms with Gasteiger partial charge in [-0.3, -0.25) is 4.99 Å². The monoisotopic (exact) mass is 401 g/mol. The Bertz CT molecular complexity index is 833. The second kappa shape index (κ2) is 11.2. The normalized spacial score (nSPS) is 12.6. The minimum absolute atomic E-state index is 0.508. The van der Waals surface area contributed by atoms with Crippen LogP contribution in [0.5, 0.6) is 0 Å². The van der Waals surface area contributed by atoms with Crippen molar-refractivity contribution in [2.24, 2.45) is 4.99 Å². The minimum Gasteiger partial charge on any atom is -0.463 e. The standard InChI is InChI=1S/C24H32ClNO2/c1-6-9-19(22-14-20(25)11-10-17(22)4)12-13-26-18(5)23-15-21(16-27-8-3)28-24(23)7-2/h9-11,14-15H,6-8,12-13,16H2,1-5H3. The van der Waals surface area contributed by atoms with E-state index in [4.69, 9.17) is 25.7 Å². The molecule has 0 aliphatic carbocycles. The average molecular weight is 402 g/mol. The van der Waals surface area contributed by atoms with Gasteiger partial charge in [0.25, 0.3) is 0 Å². The topological polar surface area (TPSA) is 34.7 Å². The van der Waals surface area contributed by atoms with Crippen LogP contribution >= 0.6 is 11.6 Å². The van der Waals surface area contributed by atoms with Gasteiger partial charge in [-0.15, -0.1) is 0 Å². The zero-order valence-corrected chi connectivity index (χ0v) is 18.5. The number of ether oxygens (including phenoxy) is 1. The number of nitrogens with zero attached hydrogens (tertiary/aromatic N) is 1. The molecule has 2 aromatic rings. The lowest BCUT2D eigenvalue weighted by Gasteiger charge is -2.11. The Labute approximate surface area is 174 Å². The van der Waals surface area contributed by atoms with Crippen LogP contribution in [0.2, 0.25) is 5.02 Å². The van der Waals surface area contributed by atoms with E-state index < -0.39 is 0 Å². The van der Waals surface area contributed by atoms with E-state index in [0.717, 1.165) is 53.6 Å².